The van der Waals surface area contributed by atoms with Gasteiger partial charge in [0, 0.05) is 10.9 Å². The Labute approximate surface area is 162 Å². The van der Waals surface area contributed by atoms with Gasteiger partial charge in [0.2, 0.25) is 0 Å². The lowest BCUT2D eigenvalue weighted by Gasteiger charge is -2.22. The Bertz CT molecular complexity index is 930. The molecular formula is C21H21FN2O2S. The summed E-state index contributed by atoms with van der Waals surface area (Å²) in [4.78, 5) is 16.6. The van der Waals surface area contributed by atoms with E-state index in [-0.39, 0.29) is 23.7 Å². The molecule has 0 saturated carbocycles. The standard InChI is InChI=1S/C21H21FN2O2S/c1-21(2,3)16-6-4-5-7-18(16)26-12-19(25)24-20-23-17(13-27-20)14-8-10-15(22)11-9-14/h4-11,13H,12H2,1-3H3,(H,23,24,25). The van der Waals surface area contributed by atoms with Crippen molar-refractivity contribution >= 4 is 22.4 Å². The number of hydrogen-bond donors (Lipinski definition) is 1. The first-order chi connectivity index (χ1) is 12.8. The molecule has 0 unspecified atom stereocenters. The molecule has 4 nitrogen and oxygen atoms in total. The summed E-state index contributed by atoms with van der Waals surface area (Å²) in [6.07, 6.45) is 0. The first-order valence-electron chi connectivity index (χ1n) is 8.56. The third kappa shape index (κ3) is 4.92. The van der Waals surface area contributed by atoms with Crippen LogP contribution in [-0.4, -0.2) is 17.5 Å². The highest BCUT2D eigenvalue weighted by molar-refractivity contribution is 7.14. The van der Waals surface area contributed by atoms with Crippen molar-refractivity contribution in [2.75, 3.05) is 11.9 Å². The number of amides is 1. The van der Waals surface area contributed by atoms with E-state index in [0.29, 0.717) is 16.6 Å². The molecule has 0 saturated heterocycles. The second-order valence-corrected chi connectivity index (χ2v) is 7.99. The van der Waals surface area contributed by atoms with E-state index in [4.69, 9.17) is 4.74 Å². The van der Waals surface area contributed by atoms with E-state index in [0.717, 1.165) is 11.1 Å². The summed E-state index contributed by atoms with van der Waals surface area (Å²) in [5.41, 5.74) is 2.45. The zero-order valence-corrected chi connectivity index (χ0v) is 16.3. The zero-order chi connectivity index (χ0) is 19.4. The largest absolute Gasteiger partial charge is 0.483 e. The Kier molecular flexibility index (Phi) is 5.56. The van der Waals surface area contributed by atoms with E-state index in [2.05, 4.69) is 31.1 Å². The first-order valence-corrected chi connectivity index (χ1v) is 9.44. The van der Waals surface area contributed by atoms with Crippen LogP contribution in [0.2, 0.25) is 0 Å². The van der Waals surface area contributed by atoms with Gasteiger partial charge in [-0.25, -0.2) is 9.37 Å². The average Bonchev–Trinajstić information content (AvgIpc) is 3.08. The molecule has 0 radical (unpaired) electrons. The van der Waals surface area contributed by atoms with Gasteiger partial charge in [0.15, 0.2) is 11.7 Å². The Morgan fingerprint density at radius 2 is 1.85 bits per heavy atom. The van der Waals surface area contributed by atoms with Crippen LogP contribution < -0.4 is 10.1 Å². The van der Waals surface area contributed by atoms with Gasteiger partial charge in [-0.2, -0.15) is 0 Å². The smallest absolute Gasteiger partial charge is 0.264 e. The molecule has 3 rings (SSSR count). The van der Waals surface area contributed by atoms with Gasteiger partial charge in [-0.15, -0.1) is 11.3 Å². The summed E-state index contributed by atoms with van der Waals surface area (Å²) in [5, 5.41) is 5.04. The number of ether oxygens (including phenoxy) is 1. The van der Waals surface area contributed by atoms with Crippen molar-refractivity contribution in [3.8, 4) is 17.0 Å². The maximum atomic E-state index is 13.0. The minimum absolute atomic E-state index is 0.0769. The Morgan fingerprint density at radius 3 is 2.56 bits per heavy atom. The van der Waals surface area contributed by atoms with Crippen LogP contribution in [0.5, 0.6) is 5.75 Å². The van der Waals surface area contributed by atoms with Gasteiger partial charge in [0.1, 0.15) is 11.6 Å². The van der Waals surface area contributed by atoms with E-state index in [1.54, 1.807) is 12.1 Å². The second kappa shape index (κ2) is 7.88. The van der Waals surface area contributed by atoms with E-state index in [1.807, 2.05) is 29.6 Å². The topological polar surface area (TPSA) is 51.2 Å². The molecule has 27 heavy (non-hydrogen) atoms. The molecule has 1 aromatic heterocycles. The maximum Gasteiger partial charge on any atom is 0.264 e. The van der Waals surface area contributed by atoms with Crippen LogP contribution in [0.15, 0.2) is 53.9 Å². The minimum Gasteiger partial charge on any atom is -0.483 e. The number of nitrogens with one attached hydrogen (secondary N) is 1. The second-order valence-electron chi connectivity index (χ2n) is 7.13. The van der Waals surface area contributed by atoms with E-state index in [1.165, 1.54) is 23.5 Å². The van der Waals surface area contributed by atoms with Crippen molar-refractivity contribution in [1.29, 1.82) is 0 Å². The number of nitrogens with zero attached hydrogens (tertiary/aromatic N) is 1. The van der Waals surface area contributed by atoms with Crippen molar-refractivity contribution < 1.29 is 13.9 Å². The summed E-state index contributed by atoms with van der Waals surface area (Å²) in [6.45, 7) is 6.20. The summed E-state index contributed by atoms with van der Waals surface area (Å²) in [5.74, 6) is 0.125. The molecule has 1 heterocycles. The fourth-order valence-electron chi connectivity index (χ4n) is 2.60. The van der Waals surface area contributed by atoms with Crippen LogP contribution in [0.4, 0.5) is 9.52 Å². The fraction of sp³-hybridized carbons (Fsp3) is 0.238. The summed E-state index contributed by atoms with van der Waals surface area (Å²) < 4.78 is 18.7. The molecule has 6 heteroatoms. The molecule has 140 valence electrons. The number of rotatable bonds is 5. The van der Waals surface area contributed by atoms with Crippen LogP contribution in [-0.2, 0) is 10.2 Å². The number of para-hydroxylation sites is 1. The number of carbonyl (C=O) groups excluding carboxylic acids is 1. The van der Waals surface area contributed by atoms with Crippen molar-refractivity contribution in [2.45, 2.75) is 26.2 Å². The molecule has 1 N–H and O–H groups in total. The van der Waals surface area contributed by atoms with Crippen LogP contribution in [0.1, 0.15) is 26.3 Å². The number of thiazole rings is 1. The number of anilines is 1. The number of benzene rings is 2. The summed E-state index contributed by atoms with van der Waals surface area (Å²) in [6, 6.07) is 13.8. The molecule has 0 aliphatic rings. The highest BCUT2D eigenvalue weighted by Crippen LogP contribution is 2.31. The molecule has 2 aromatic carbocycles. The molecule has 0 bridgehead atoms. The van der Waals surface area contributed by atoms with Crippen LogP contribution in [0.3, 0.4) is 0 Å². The molecule has 1 amide bonds. The van der Waals surface area contributed by atoms with E-state index >= 15 is 0 Å². The minimum atomic E-state index is -0.296. The van der Waals surface area contributed by atoms with Crippen LogP contribution in [0, 0.1) is 5.82 Å². The quantitative estimate of drug-likeness (QED) is 0.652. The van der Waals surface area contributed by atoms with Gasteiger partial charge in [-0.1, -0.05) is 39.0 Å². The summed E-state index contributed by atoms with van der Waals surface area (Å²) >= 11 is 1.31. The molecule has 0 spiro atoms. The maximum absolute atomic E-state index is 13.0. The molecule has 3 aromatic rings. The van der Waals surface area contributed by atoms with Crippen molar-refractivity contribution in [3.63, 3.8) is 0 Å². The van der Waals surface area contributed by atoms with Crippen molar-refractivity contribution in [2.24, 2.45) is 0 Å². The van der Waals surface area contributed by atoms with Crippen molar-refractivity contribution in [1.82, 2.24) is 4.98 Å². The zero-order valence-electron chi connectivity index (χ0n) is 15.5. The molecule has 0 fully saturated rings. The molecular weight excluding hydrogens is 363 g/mol. The molecule has 0 aliphatic heterocycles. The van der Waals surface area contributed by atoms with Gasteiger partial charge < -0.3 is 4.74 Å². The highest BCUT2D eigenvalue weighted by Gasteiger charge is 2.19. The fourth-order valence-corrected chi connectivity index (χ4v) is 3.33. The van der Waals surface area contributed by atoms with Crippen LogP contribution in [0.25, 0.3) is 11.3 Å². The van der Waals surface area contributed by atoms with Gasteiger partial charge in [0.25, 0.3) is 5.91 Å². The number of carbonyl (C=O) groups is 1. The summed E-state index contributed by atoms with van der Waals surface area (Å²) in [7, 11) is 0. The SMILES string of the molecule is CC(C)(C)c1ccccc1OCC(=O)Nc1nc(-c2ccc(F)cc2)cs1. The lowest BCUT2D eigenvalue weighted by molar-refractivity contribution is -0.118. The predicted octanol–water partition coefficient (Wildman–Crippen LogP) is 5.26. The third-order valence-corrected chi connectivity index (χ3v) is 4.70. The lowest BCUT2D eigenvalue weighted by Crippen LogP contribution is -2.21. The molecule has 0 atom stereocenters. The number of aromatic nitrogens is 1. The Hall–Kier alpha value is -2.73. The monoisotopic (exact) mass is 384 g/mol. The molecule has 0 aliphatic carbocycles. The van der Waals surface area contributed by atoms with E-state index in [9.17, 15) is 9.18 Å². The van der Waals surface area contributed by atoms with Crippen LogP contribution >= 0.6 is 11.3 Å². The number of halogens is 1. The first kappa shape index (κ1) is 19.0. The lowest BCUT2D eigenvalue weighted by atomic mass is 9.86. The predicted molar refractivity (Wildman–Crippen MR) is 107 cm³/mol. The Balaban J connectivity index is 1.62. The van der Waals surface area contributed by atoms with Gasteiger partial charge in [-0.3, -0.25) is 10.1 Å². The Morgan fingerprint density at radius 1 is 1.15 bits per heavy atom. The van der Waals surface area contributed by atoms with Gasteiger partial charge in [-0.05, 0) is 41.3 Å². The van der Waals surface area contributed by atoms with Crippen molar-refractivity contribution in [3.05, 3.63) is 65.3 Å². The van der Waals surface area contributed by atoms with E-state index < -0.39 is 0 Å². The average molecular weight is 384 g/mol. The third-order valence-electron chi connectivity index (χ3n) is 3.94. The number of hydrogen-bond acceptors (Lipinski definition) is 4. The van der Waals surface area contributed by atoms with Gasteiger partial charge >= 0.3 is 0 Å². The normalized spacial score (nSPS) is 11.3. The van der Waals surface area contributed by atoms with Gasteiger partial charge in [0.05, 0.1) is 5.69 Å². The highest BCUT2D eigenvalue weighted by atomic mass is 32.1.